The molecule has 0 spiro atoms. The van der Waals surface area contributed by atoms with Gasteiger partial charge in [0, 0.05) is 38.9 Å². The zero-order valence-electron chi connectivity index (χ0n) is 16.8. The van der Waals surface area contributed by atoms with Crippen LogP contribution in [0.25, 0.3) is 10.2 Å². The molecule has 0 bridgehead atoms. The van der Waals surface area contributed by atoms with E-state index in [1.54, 1.807) is 39.8 Å². The fourth-order valence-electron chi connectivity index (χ4n) is 3.61. The Labute approximate surface area is 188 Å². The summed E-state index contributed by atoms with van der Waals surface area (Å²) in [5, 5.41) is 0.305. The maximum Gasteiger partial charge on any atom is 0.308 e. The van der Waals surface area contributed by atoms with Gasteiger partial charge in [0.25, 0.3) is 5.91 Å². The molecular formula is C20H21ClN4O4S2. The molecule has 0 N–H and O–H groups in total. The van der Waals surface area contributed by atoms with Crippen LogP contribution in [0.2, 0.25) is 5.15 Å². The molecule has 1 aliphatic heterocycles. The number of rotatable bonds is 5. The number of hydrogen-bond acceptors (Lipinski definition) is 6. The normalized spacial score (nSPS) is 15.5. The Morgan fingerprint density at radius 3 is 2.55 bits per heavy atom. The van der Waals surface area contributed by atoms with Crippen LogP contribution in [0, 0.1) is 0 Å². The molecule has 4 rings (SSSR count). The Morgan fingerprint density at radius 1 is 1.16 bits per heavy atom. The maximum atomic E-state index is 13.1. The average Bonchev–Trinajstić information content (AvgIpc) is 3.08. The smallest absolute Gasteiger partial charge is 0.308 e. The number of pyridine rings is 1. The average molecular weight is 481 g/mol. The number of aryl methyl sites for hydroxylation is 1. The summed E-state index contributed by atoms with van der Waals surface area (Å²) in [6.07, 6.45) is 2.24. The lowest BCUT2D eigenvalue weighted by atomic mass is 10.2. The van der Waals surface area contributed by atoms with E-state index in [4.69, 9.17) is 11.6 Å². The Bertz CT molecular complexity index is 1280. The van der Waals surface area contributed by atoms with Gasteiger partial charge in [-0.05, 0) is 36.8 Å². The van der Waals surface area contributed by atoms with Gasteiger partial charge in [0.05, 0.1) is 20.7 Å². The molecule has 0 aliphatic carbocycles. The number of carbonyl (C=O) groups excluding carboxylic acids is 1. The summed E-state index contributed by atoms with van der Waals surface area (Å²) in [5.74, 6) is -0.204. The summed E-state index contributed by atoms with van der Waals surface area (Å²) >= 11 is 6.82. The van der Waals surface area contributed by atoms with Crippen LogP contribution in [0.3, 0.4) is 0 Å². The molecule has 0 saturated carbocycles. The summed E-state index contributed by atoms with van der Waals surface area (Å²) in [5.41, 5.74) is 1.17. The summed E-state index contributed by atoms with van der Waals surface area (Å²) in [6.45, 7) is 3.54. The first kappa shape index (κ1) is 21.9. The highest BCUT2D eigenvalue weighted by Gasteiger charge is 2.31. The van der Waals surface area contributed by atoms with Crippen LogP contribution in [-0.2, 0) is 16.6 Å². The minimum Gasteiger partial charge on any atom is -0.336 e. The quantitative estimate of drug-likeness (QED) is 0.523. The Hall–Kier alpha value is -2.27. The first-order valence-corrected chi connectivity index (χ1v) is 12.5. The van der Waals surface area contributed by atoms with Crippen LogP contribution < -0.4 is 4.87 Å². The van der Waals surface area contributed by atoms with Crippen molar-refractivity contribution in [2.24, 2.45) is 0 Å². The van der Waals surface area contributed by atoms with Crippen molar-refractivity contribution in [3.63, 3.8) is 0 Å². The highest BCUT2D eigenvalue weighted by atomic mass is 35.5. The van der Waals surface area contributed by atoms with Crippen LogP contribution in [-0.4, -0.2) is 59.3 Å². The van der Waals surface area contributed by atoms with Crippen molar-refractivity contribution < 1.29 is 13.2 Å². The molecule has 3 heterocycles. The summed E-state index contributed by atoms with van der Waals surface area (Å²) < 4.78 is 30.0. The van der Waals surface area contributed by atoms with Gasteiger partial charge >= 0.3 is 4.87 Å². The Kier molecular flexibility index (Phi) is 6.16. The van der Waals surface area contributed by atoms with Crippen molar-refractivity contribution >= 4 is 49.1 Å². The number of halogens is 1. The third-order valence-electron chi connectivity index (χ3n) is 5.22. The van der Waals surface area contributed by atoms with Crippen LogP contribution in [0.15, 0.2) is 46.2 Å². The number of sulfonamides is 1. The molecule has 0 unspecified atom stereocenters. The zero-order valence-corrected chi connectivity index (χ0v) is 19.2. The molecule has 8 nitrogen and oxygen atoms in total. The van der Waals surface area contributed by atoms with E-state index in [1.165, 1.54) is 10.5 Å². The van der Waals surface area contributed by atoms with E-state index in [9.17, 15) is 18.0 Å². The predicted molar refractivity (Wildman–Crippen MR) is 120 cm³/mol. The minimum atomic E-state index is -3.73. The molecular weight excluding hydrogens is 460 g/mol. The molecule has 3 aromatic rings. The molecule has 1 fully saturated rings. The minimum absolute atomic E-state index is 0.0878. The number of hydrogen-bond donors (Lipinski definition) is 0. The number of carbonyl (C=O) groups is 1. The van der Waals surface area contributed by atoms with Crippen LogP contribution in [0.5, 0.6) is 0 Å². The summed E-state index contributed by atoms with van der Waals surface area (Å²) in [7, 11) is -3.73. The van der Waals surface area contributed by atoms with E-state index in [2.05, 4.69) is 4.98 Å². The summed E-state index contributed by atoms with van der Waals surface area (Å²) in [4.78, 5) is 30.4. The van der Waals surface area contributed by atoms with E-state index in [0.717, 1.165) is 23.3 Å². The zero-order chi connectivity index (χ0) is 22.2. The van der Waals surface area contributed by atoms with Gasteiger partial charge in [-0.1, -0.05) is 29.9 Å². The second kappa shape index (κ2) is 8.70. The molecule has 1 aliphatic rings. The van der Waals surface area contributed by atoms with Crippen molar-refractivity contribution in [3.05, 3.63) is 56.9 Å². The van der Waals surface area contributed by atoms with Gasteiger partial charge in [-0.15, -0.1) is 0 Å². The standard InChI is InChI=1S/C20H21ClN4O4S2/c1-2-7-25-16-5-4-15(12-17(16)30-20(25)27)31(28,29)24-10-8-23(9-11-24)19(26)14-3-6-18(21)22-13-14/h3-6,12-13H,2,7-11H2,1H3. The van der Waals surface area contributed by atoms with E-state index >= 15 is 0 Å². The molecule has 0 radical (unpaired) electrons. The SMILES string of the molecule is CCCn1c(=O)sc2cc(S(=O)(=O)N3CCN(C(=O)c4ccc(Cl)nc4)CC3)ccc21. The number of thiazole rings is 1. The largest absolute Gasteiger partial charge is 0.336 e. The number of nitrogens with zero attached hydrogens (tertiary/aromatic N) is 4. The summed E-state index contributed by atoms with van der Waals surface area (Å²) in [6, 6.07) is 7.97. The number of benzene rings is 1. The van der Waals surface area contributed by atoms with E-state index in [0.29, 0.717) is 22.0 Å². The van der Waals surface area contributed by atoms with Gasteiger partial charge < -0.3 is 4.90 Å². The van der Waals surface area contributed by atoms with E-state index in [-0.39, 0.29) is 41.9 Å². The molecule has 1 saturated heterocycles. The molecule has 1 amide bonds. The van der Waals surface area contributed by atoms with Gasteiger partial charge in [0.2, 0.25) is 10.0 Å². The maximum absolute atomic E-state index is 13.1. The van der Waals surface area contributed by atoms with Gasteiger partial charge in [-0.2, -0.15) is 4.31 Å². The lowest BCUT2D eigenvalue weighted by Crippen LogP contribution is -2.50. The molecule has 164 valence electrons. The number of piperazine rings is 1. The first-order valence-electron chi connectivity index (χ1n) is 9.85. The number of fused-ring (bicyclic) bond motifs is 1. The monoisotopic (exact) mass is 480 g/mol. The third-order valence-corrected chi connectivity index (χ3v) is 8.29. The van der Waals surface area contributed by atoms with E-state index in [1.807, 2.05) is 6.92 Å². The third kappa shape index (κ3) is 4.25. The van der Waals surface area contributed by atoms with Gasteiger partial charge in [-0.3, -0.25) is 14.2 Å². The molecule has 0 atom stereocenters. The number of amides is 1. The molecule has 1 aromatic carbocycles. The van der Waals surface area contributed by atoms with Crippen LogP contribution >= 0.6 is 22.9 Å². The van der Waals surface area contributed by atoms with Crippen molar-refractivity contribution in [1.82, 2.24) is 18.8 Å². The fourth-order valence-corrected chi connectivity index (χ4v) is 6.20. The Balaban J connectivity index is 1.50. The van der Waals surface area contributed by atoms with E-state index < -0.39 is 10.0 Å². The van der Waals surface area contributed by atoms with Crippen molar-refractivity contribution in [1.29, 1.82) is 0 Å². The number of aromatic nitrogens is 2. The topological polar surface area (TPSA) is 92.6 Å². The second-order valence-electron chi connectivity index (χ2n) is 7.22. The lowest BCUT2D eigenvalue weighted by Gasteiger charge is -2.34. The lowest BCUT2D eigenvalue weighted by molar-refractivity contribution is 0.0697. The van der Waals surface area contributed by atoms with Crippen molar-refractivity contribution in [2.45, 2.75) is 24.8 Å². The highest BCUT2D eigenvalue weighted by molar-refractivity contribution is 7.89. The predicted octanol–water partition coefficient (Wildman–Crippen LogP) is 2.67. The van der Waals surface area contributed by atoms with Gasteiger partial charge in [0.1, 0.15) is 5.15 Å². The Morgan fingerprint density at radius 2 is 1.90 bits per heavy atom. The highest BCUT2D eigenvalue weighted by Crippen LogP contribution is 2.25. The van der Waals surface area contributed by atoms with Crippen LogP contribution in [0.1, 0.15) is 23.7 Å². The first-order chi connectivity index (χ1) is 14.8. The van der Waals surface area contributed by atoms with Crippen LogP contribution in [0.4, 0.5) is 0 Å². The van der Waals surface area contributed by atoms with Crippen molar-refractivity contribution in [3.8, 4) is 0 Å². The van der Waals surface area contributed by atoms with Gasteiger partial charge in [-0.25, -0.2) is 13.4 Å². The molecule has 2 aromatic heterocycles. The molecule has 31 heavy (non-hydrogen) atoms. The fraction of sp³-hybridized carbons (Fsp3) is 0.350. The second-order valence-corrected chi connectivity index (χ2v) is 10.5. The van der Waals surface area contributed by atoms with Crippen molar-refractivity contribution in [2.75, 3.05) is 26.2 Å². The van der Waals surface area contributed by atoms with Gasteiger partial charge in [0.15, 0.2) is 0 Å². The molecule has 11 heteroatoms.